The molecule has 29 heavy (non-hydrogen) atoms. The van der Waals surface area contributed by atoms with Crippen LogP contribution < -0.4 is 5.32 Å². The number of amides is 1. The Hall–Kier alpha value is -2.25. The smallest absolute Gasteiger partial charge is 0.223 e. The SMILES string of the molecule is Cc1ccc([C@@H](C)NC(=O)C2CCN(S(=O)(=O)Cc3ccccc3F)CC2)cc1. The first-order chi connectivity index (χ1) is 13.8. The van der Waals surface area contributed by atoms with Crippen molar-refractivity contribution in [2.24, 2.45) is 5.92 Å². The predicted octanol–water partition coefficient (Wildman–Crippen LogP) is 3.55. The van der Waals surface area contributed by atoms with Crippen LogP contribution in [0.15, 0.2) is 48.5 Å². The molecule has 0 unspecified atom stereocenters. The second kappa shape index (κ2) is 9.05. The van der Waals surface area contributed by atoms with Crippen LogP contribution in [0, 0.1) is 18.7 Å². The standard InChI is InChI=1S/C22H27FN2O3S/c1-16-7-9-18(10-8-16)17(2)24-22(26)19-11-13-25(14-12-19)29(27,28)15-20-5-3-4-6-21(20)23/h3-10,17,19H,11-15H2,1-2H3,(H,24,26)/t17-/m1/s1. The van der Waals surface area contributed by atoms with Gasteiger partial charge in [0.25, 0.3) is 0 Å². The molecule has 2 aromatic rings. The van der Waals surface area contributed by atoms with E-state index in [0.29, 0.717) is 12.8 Å². The summed E-state index contributed by atoms with van der Waals surface area (Å²) >= 11 is 0. The van der Waals surface area contributed by atoms with Gasteiger partial charge in [0.15, 0.2) is 0 Å². The molecule has 1 N–H and O–H groups in total. The van der Waals surface area contributed by atoms with Gasteiger partial charge < -0.3 is 5.32 Å². The molecule has 156 valence electrons. The quantitative estimate of drug-likeness (QED) is 0.780. The number of aryl methyl sites for hydroxylation is 1. The van der Waals surface area contributed by atoms with E-state index in [1.54, 1.807) is 6.07 Å². The van der Waals surface area contributed by atoms with Crippen molar-refractivity contribution in [1.82, 2.24) is 9.62 Å². The van der Waals surface area contributed by atoms with E-state index in [4.69, 9.17) is 0 Å². The van der Waals surface area contributed by atoms with E-state index in [9.17, 15) is 17.6 Å². The van der Waals surface area contributed by atoms with Gasteiger partial charge in [0.2, 0.25) is 15.9 Å². The molecule has 0 aromatic heterocycles. The third kappa shape index (κ3) is 5.42. The van der Waals surface area contributed by atoms with Crippen molar-refractivity contribution in [2.75, 3.05) is 13.1 Å². The maximum atomic E-state index is 13.8. The number of benzene rings is 2. The van der Waals surface area contributed by atoms with Crippen LogP contribution in [-0.4, -0.2) is 31.7 Å². The Labute approximate surface area is 172 Å². The summed E-state index contributed by atoms with van der Waals surface area (Å²) in [6.45, 7) is 4.50. The normalized spacial score (nSPS) is 17.1. The molecule has 7 heteroatoms. The summed E-state index contributed by atoms with van der Waals surface area (Å²) in [6, 6.07) is 13.8. The third-order valence-electron chi connectivity index (χ3n) is 5.45. The lowest BCUT2D eigenvalue weighted by Crippen LogP contribution is -2.43. The zero-order valence-corrected chi connectivity index (χ0v) is 17.6. The Morgan fingerprint density at radius 3 is 2.38 bits per heavy atom. The first-order valence-corrected chi connectivity index (χ1v) is 11.5. The molecule has 1 aliphatic heterocycles. The molecule has 1 amide bonds. The molecule has 1 heterocycles. The van der Waals surface area contributed by atoms with Crippen molar-refractivity contribution in [3.05, 3.63) is 71.0 Å². The number of carbonyl (C=O) groups excluding carboxylic acids is 1. The van der Waals surface area contributed by atoms with Gasteiger partial charge in [-0.1, -0.05) is 48.0 Å². The van der Waals surface area contributed by atoms with Gasteiger partial charge in [-0.15, -0.1) is 0 Å². The van der Waals surface area contributed by atoms with Crippen LogP contribution in [0.4, 0.5) is 4.39 Å². The Balaban J connectivity index is 1.54. The number of hydrogen-bond donors (Lipinski definition) is 1. The average Bonchev–Trinajstić information content (AvgIpc) is 2.70. The van der Waals surface area contributed by atoms with Crippen molar-refractivity contribution >= 4 is 15.9 Å². The molecule has 1 aliphatic rings. The molecule has 0 bridgehead atoms. The predicted molar refractivity (Wildman–Crippen MR) is 111 cm³/mol. The maximum absolute atomic E-state index is 13.8. The van der Waals surface area contributed by atoms with Crippen LogP contribution >= 0.6 is 0 Å². The van der Waals surface area contributed by atoms with Crippen molar-refractivity contribution < 1.29 is 17.6 Å². The minimum Gasteiger partial charge on any atom is -0.349 e. The van der Waals surface area contributed by atoms with Crippen LogP contribution in [0.5, 0.6) is 0 Å². The lowest BCUT2D eigenvalue weighted by atomic mass is 9.96. The first-order valence-electron chi connectivity index (χ1n) is 9.84. The number of hydrogen-bond acceptors (Lipinski definition) is 3. The molecule has 1 saturated heterocycles. The molecule has 3 rings (SSSR count). The van der Waals surface area contributed by atoms with Crippen molar-refractivity contribution in [3.63, 3.8) is 0 Å². The summed E-state index contributed by atoms with van der Waals surface area (Å²) in [5.74, 6) is -1.15. The third-order valence-corrected chi connectivity index (χ3v) is 7.28. The van der Waals surface area contributed by atoms with Crippen LogP contribution in [0.3, 0.4) is 0 Å². The topological polar surface area (TPSA) is 66.5 Å². The van der Waals surface area contributed by atoms with Crippen molar-refractivity contribution in [2.45, 2.75) is 38.5 Å². The summed E-state index contributed by atoms with van der Waals surface area (Å²) in [5.41, 5.74) is 2.37. The fraction of sp³-hybridized carbons (Fsp3) is 0.409. The number of halogens is 1. The largest absolute Gasteiger partial charge is 0.349 e. The number of nitrogens with one attached hydrogen (secondary N) is 1. The molecular formula is C22H27FN2O3S. The zero-order valence-electron chi connectivity index (χ0n) is 16.8. The molecule has 0 spiro atoms. The van der Waals surface area contributed by atoms with Gasteiger partial charge in [-0.3, -0.25) is 4.79 Å². The van der Waals surface area contributed by atoms with Gasteiger partial charge in [0.1, 0.15) is 5.82 Å². The monoisotopic (exact) mass is 418 g/mol. The molecule has 0 radical (unpaired) electrons. The molecule has 0 aliphatic carbocycles. The van der Waals surface area contributed by atoms with Gasteiger partial charge in [-0.05, 0) is 38.3 Å². The second-order valence-corrected chi connectivity index (χ2v) is 9.63. The van der Waals surface area contributed by atoms with Crippen LogP contribution in [-0.2, 0) is 20.6 Å². The number of nitrogens with zero attached hydrogens (tertiary/aromatic N) is 1. The summed E-state index contributed by atoms with van der Waals surface area (Å²) < 4.78 is 40.4. The number of carbonyl (C=O) groups is 1. The Bertz CT molecular complexity index is 952. The number of piperidine rings is 1. The summed E-state index contributed by atoms with van der Waals surface area (Å²) in [7, 11) is -3.62. The number of rotatable bonds is 6. The molecule has 2 aromatic carbocycles. The molecule has 1 atom stereocenters. The molecular weight excluding hydrogens is 391 g/mol. The van der Waals surface area contributed by atoms with E-state index >= 15 is 0 Å². The van der Waals surface area contributed by atoms with Gasteiger partial charge in [-0.25, -0.2) is 17.1 Å². The highest BCUT2D eigenvalue weighted by molar-refractivity contribution is 7.88. The highest BCUT2D eigenvalue weighted by Gasteiger charge is 2.32. The summed E-state index contributed by atoms with van der Waals surface area (Å²) in [4.78, 5) is 12.6. The van der Waals surface area contributed by atoms with E-state index in [-0.39, 0.29) is 42.3 Å². The van der Waals surface area contributed by atoms with E-state index < -0.39 is 15.8 Å². The lowest BCUT2D eigenvalue weighted by Gasteiger charge is -2.31. The highest BCUT2D eigenvalue weighted by atomic mass is 32.2. The Kier molecular flexibility index (Phi) is 6.70. The zero-order chi connectivity index (χ0) is 21.0. The van der Waals surface area contributed by atoms with E-state index in [0.717, 1.165) is 11.1 Å². The Morgan fingerprint density at radius 2 is 1.76 bits per heavy atom. The fourth-order valence-electron chi connectivity index (χ4n) is 3.57. The van der Waals surface area contributed by atoms with Crippen molar-refractivity contribution in [3.8, 4) is 0 Å². The fourth-order valence-corrected chi connectivity index (χ4v) is 5.15. The van der Waals surface area contributed by atoms with Crippen LogP contribution in [0.1, 0.15) is 42.5 Å². The number of sulfonamides is 1. The van der Waals surface area contributed by atoms with Crippen molar-refractivity contribution in [1.29, 1.82) is 0 Å². The van der Waals surface area contributed by atoms with Gasteiger partial charge >= 0.3 is 0 Å². The van der Waals surface area contributed by atoms with Gasteiger partial charge in [-0.2, -0.15) is 0 Å². The minimum atomic E-state index is -3.62. The van der Waals surface area contributed by atoms with Gasteiger partial charge in [0.05, 0.1) is 11.8 Å². The minimum absolute atomic E-state index is 0.0516. The van der Waals surface area contributed by atoms with E-state index in [1.165, 1.54) is 22.5 Å². The van der Waals surface area contributed by atoms with E-state index in [2.05, 4.69) is 5.32 Å². The Morgan fingerprint density at radius 1 is 1.14 bits per heavy atom. The summed E-state index contributed by atoms with van der Waals surface area (Å²) in [5, 5.41) is 3.03. The van der Waals surface area contributed by atoms with Crippen LogP contribution in [0.2, 0.25) is 0 Å². The first kappa shape index (κ1) is 21.5. The molecule has 1 fully saturated rings. The highest BCUT2D eigenvalue weighted by Crippen LogP contribution is 2.24. The maximum Gasteiger partial charge on any atom is 0.223 e. The van der Waals surface area contributed by atoms with Crippen LogP contribution in [0.25, 0.3) is 0 Å². The molecule has 0 saturated carbocycles. The second-order valence-electron chi connectivity index (χ2n) is 7.66. The summed E-state index contributed by atoms with van der Waals surface area (Å²) in [6.07, 6.45) is 0.923. The lowest BCUT2D eigenvalue weighted by molar-refractivity contribution is -0.126. The van der Waals surface area contributed by atoms with Gasteiger partial charge in [0, 0.05) is 24.6 Å². The average molecular weight is 419 g/mol. The van der Waals surface area contributed by atoms with E-state index in [1.807, 2.05) is 38.1 Å². The molecule has 5 nitrogen and oxygen atoms in total.